The summed E-state index contributed by atoms with van der Waals surface area (Å²) in [5, 5.41) is 8.90. The van der Waals surface area contributed by atoms with Gasteiger partial charge in [-0.25, -0.2) is 4.98 Å². The molecule has 2 aromatic rings. The SMILES string of the molecule is Nc1nc2cc3c(cc2n1CCCO)OCCO3. The smallest absolute Gasteiger partial charge is 0.201 e. The maximum absolute atomic E-state index is 8.90. The predicted molar refractivity (Wildman–Crippen MR) is 66.8 cm³/mol. The van der Waals surface area contributed by atoms with Crippen LogP contribution in [0, 0.1) is 0 Å². The molecule has 0 atom stereocenters. The van der Waals surface area contributed by atoms with Gasteiger partial charge in [-0.1, -0.05) is 0 Å². The number of aryl methyl sites for hydroxylation is 1. The molecule has 2 heterocycles. The third kappa shape index (κ3) is 1.74. The van der Waals surface area contributed by atoms with E-state index in [0.717, 1.165) is 16.8 Å². The van der Waals surface area contributed by atoms with E-state index in [4.69, 9.17) is 20.3 Å². The summed E-state index contributed by atoms with van der Waals surface area (Å²) >= 11 is 0. The second kappa shape index (κ2) is 4.38. The molecule has 96 valence electrons. The molecular weight excluding hydrogens is 234 g/mol. The molecule has 6 heteroatoms. The van der Waals surface area contributed by atoms with Crippen LogP contribution in [0.3, 0.4) is 0 Å². The number of benzene rings is 1. The summed E-state index contributed by atoms with van der Waals surface area (Å²) in [5.41, 5.74) is 7.58. The molecule has 1 aromatic heterocycles. The number of nitrogen functional groups attached to an aromatic ring is 1. The van der Waals surface area contributed by atoms with Crippen molar-refractivity contribution in [2.45, 2.75) is 13.0 Å². The van der Waals surface area contributed by atoms with E-state index in [0.29, 0.717) is 37.9 Å². The van der Waals surface area contributed by atoms with Gasteiger partial charge in [0.05, 0.1) is 11.0 Å². The highest BCUT2D eigenvalue weighted by Crippen LogP contribution is 2.35. The number of nitrogens with two attached hydrogens (primary N) is 1. The lowest BCUT2D eigenvalue weighted by Gasteiger charge is -2.18. The molecule has 1 aliphatic heterocycles. The first-order valence-electron chi connectivity index (χ1n) is 5.96. The average Bonchev–Trinajstić information content (AvgIpc) is 2.68. The number of hydrogen-bond donors (Lipinski definition) is 2. The maximum atomic E-state index is 8.90. The Morgan fingerprint density at radius 1 is 1.28 bits per heavy atom. The lowest BCUT2D eigenvalue weighted by Crippen LogP contribution is -2.15. The lowest BCUT2D eigenvalue weighted by atomic mass is 10.2. The molecule has 0 unspecified atom stereocenters. The molecule has 0 amide bonds. The minimum atomic E-state index is 0.129. The van der Waals surface area contributed by atoms with Crippen molar-refractivity contribution in [3.8, 4) is 11.5 Å². The van der Waals surface area contributed by atoms with Crippen molar-refractivity contribution in [2.24, 2.45) is 0 Å². The van der Waals surface area contributed by atoms with Gasteiger partial charge in [0.2, 0.25) is 5.95 Å². The first-order valence-corrected chi connectivity index (χ1v) is 5.96. The Morgan fingerprint density at radius 3 is 2.72 bits per heavy atom. The Bertz CT molecular complexity index is 579. The molecule has 1 aromatic carbocycles. The molecule has 0 bridgehead atoms. The highest BCUT2D eigenvalue weighted by Gasteiger charge is 2.16. The van der Waals surface area contributed by atoms with E-state index in [1.54, 1.807) is 0 Å². The van der Waals surface area contributed by atoms with Crippen molar-refractivity contribution < 1.29 is 14.6 Å². The summed E-state index contributed by atoms with van der Waals surface area (Å²) in [6.07, 6.45) is 0.643. The van der Waals surface area contributed by atoms with E-state index in [1.165, 1.54) is 0 Å². The van der Waals surface area contributed by atoms with E-state index in [-0.39, 0.29) is 6.61 Å². The Kier molecular flexibility index (Phi) is 2.71. The standard InChI is InChI=1S/C12H15N3O3/c13-12-14-8-6-10-11(18-5-4-17-10)7-9(8)15(12)2-1-3-16/h6-7,16H,1-5H2,(H2,13,14). The number of nitrogens with zero attached hydrogens (tertiary/aromatic N) is 2. The number of aliphatic hydroxyl groups excluding tert-OH is 1. The molecule has 0 saturated heterocycles. The molecule has 0 saturated carbocycles. The Balaban J connectivity index is 2.10. The number of ether oxygens (including phenoxy) is 2. The van der Waals surface area contributed by atoms with Crippen LogP contribution in [-0.2, 0) is 6.54 Å². The summed E-state index contributed by atoms with van der Waals surface area (Å²) in [6, 6.07) is 3.74. The number of hydrogen-bond acceptors (Lipinski definition) is 5. The van der Waals surface area contributed by atoms with Gasteiger partial charge >= 0.3 is 0 Å². The fourth-order valence-electron chi connectivity index (χ4n) is 2.14. The van der Waals surface area contributed by atoms with Crippen molar-refractivity contribution in [1.82, 2.24) is 9.55 Å². The van der Waals surface area contributed by atoms with Gasteiger partial charge in [0.1, 0.15) is 13.2 Å². The van der Waals surface area contributed by atoms with Crippen LogP contribution < -0.4 is 15.2 Å². The molecule has 3 N–H and O–H groups in total. The van der Waals surface area contributed by atoms with Gasteiger partial charge < -0.3 is 24.9 Å². The van der Waals surface area contributed by atoms with Gasteiger partial charge in [0.15, 0.2) is 11.5 Å². The Labute approximate surface area is 104 Å². The van der Waals surface area contributed by atoms with Crippen molar-refractivity contribution in [3.63, 3.8) is 0 Å². The summed E-state index contributed by atoms with van der Waals surface area (Å²) in [7, 11) is 0. The lowest BCUT2D eigenvalue weighted by molar-refractivity contribution is 0.172. The van der Waals surface area contributed by atoms with Gasteiger partial charge in [-0.3, -0.25) is 0 Å². The van der Waals surface area contributed by atoms with Crippen molar-refractivity contribution >= 4 is 17.0 Å². The van der Waals surface area contributed by atoms with Gasteiger partial charge in [0.25, 0.3) is 0 Å². The van der Waals surface area contributed by atoms with Gasteiger partial charge in [-0.05, 0) is 6.42 Å². The van der Waals surface area contributed by atoms with E-state index < -0.39 is 0 Å². The van der Waals surface area contributed by atoms with Crippen LogP contribution in [0.2, 0.25) is 0 Å². The zero-order chi connectivity index (χ0) is 12.5. The average molecular weight is 249 g/mol. The largest absolute Gasteiger partial charge is 0.486 e. The number of anilines is 1. The van der Waals surface area contributed by atoms with Crippen LogP contribution >= 0.6 is 0 Å². The van der Waals surface area contributed by atoms with E-state index >= 15 is 0 Å². The Hall–Kier alpha value is -1.95. The van der Waals surface area contributed by atoms with Crippen molar-refractivity contribution in [3.05, 3.63) is 12.1 Å². The first kappa shape index (κ1) is 11.2. The molecule has 6 nitrogen and oxygen atoms in total. The van der Waals surface area contributed by atoms with Crippen LogP contribution in [0.15, 0.2) is 12.1 Å². The molecule has 0 fully saturated rings. The van der Waals surface area contributed by atoms with Crippen LogP contribution in [0.25, 0.3) is 11.0 Å². The summed E-state index contributed by atoms with van der Waals surface area (Å²) in [5.74, 6) is 1.88. The molecule has 0 spiro atoms. The number of imidazole rings is 1. The van der Waals surface area contributed by atoms with E-state index in [1.807, 2.05) is 16.7 Å². The van der Waals surface area contributed by atoms with Crippen LogP contribution in [0.5, 0.6) is 11.5 Å². The van der Waals surface area contributed by atoms with Crippen LogP contribution in [-0.4, -0.2) is 34.5 Å². The number of rotatable bonds is 3. The highest BCUT2D eigenvalue weighted by molar-refractivity contribution is 5.82. The van der Waals surface area contributed by atoms with Gasteiger partial charge in [0, 0.05) is 25.3 Å². The number of aliphatic hydroxyl groups is 1. The summed E-state index contributed by atoms with van der Waals surface area (Å²) in [4.78, 5) is 4.30. The van der Waals surface area contributed by atoms with Gasteiger partial charge in [-0.2, -0.15) is 0 Å². The van der Waals surface area contributed by atoms with E-state index in [2.05, 4.69) is 4.98 Å². The van der Waals surface area contributed by atoms with Crippen molar-refractivity contribution in [2.75, 3.05) is 25.6 Å². The van der Waals surface area contributed by atoms with Crippen LogP contribution in [0.4, 0.5) is 5.95 Å². The third-order valence-electron chi connectivity index (χ3n) is 2.98. The molecule has 1 aliphatic rings. The second-order valence-electron chi connectivity index (χ2n) is 4.18. The summed E-state index contributed by atoms with van der Waals surface area (Å²) in [6.45, 7) is 1.88. The fraction of sp³-hybridized carbons (Fsp3) is 0.417. The quantitative estimate of drug-likeness (QED) is 0.839. The highest BCUT2D eigenvalue weighted by atomic mass is 16.6. The minimum absolute atomic E-state index is 0.129. The Morgan fingerprint density at radius 2 is 2.00 bits per heavy atom. The number of aromatic nitrogens is 2. The zero-order valence-electron chi connectivity index (χ0n) is 9.93. The van der Waals surface area contributed by atoms with E-state index in [9.17, 15) is 0 Å². The first-order chi connectivity index (χ1) is 8.79. The monoisotopic (exact) mass is 249 g/mol. The normalized spacial score (nSPS) is 14.1. The molecule has 18 heavy (non-hydrogen) atoms. The predicted octanol–water partition coefficient (Wildman–Crippen LogP) is 0.772. The minimum Gasteiger partial charge on any atom is -0.486 e. The molecule has 0 aliphatic carbocycles. The topological polar surface area (TPSA) is 82.5 Å². The second-order valence-corrected chi connectivity index (χ2v) is 4.18. The fourth-order valence-corrected chi connectivity index (χ4v) is 2.14. The summed E-state index contributed by atoms with van der Waals surface area (Å²) < 4.78 is 12.9. The third-order valence-corrected chi connectivity index (χ3v) is 2.98. The van der Waals surface area contributed by atoms with Gasteiger partial charge in [-0.15, -0.1) is 0 Å². The molecular formula is C12H15N3O3. The molecule has 3 rings (SSSR count). The maximum Gasteiger partial charge on any atom is 0.201 e. The van der Waals surface area contributed by atoms with Crippen LogP contribution in [0.1, 0.15) is 6.42 Å². The molecule has 0 radical (unpaired) electrons. The van der Waals surface area contributed by atoms with Crippen molar-refractivity contribution in [1.29, 1.82) is 0 Å². The number of fused-ring (bicyclic) bond motifs is 2. The zero-order valence-corrected chi connectivity index (χ0v) is 9.93.